The summed E-state index contributed by atoms with van der Waals surface area (Å²) in [6, 6.07) is 0. The van der Waals surface area contributed by atoms with Crippen molar-refractivity contribution in [2.24, 2.45) is 13.0 Å². The molecule has 0 spiro atoms. The molecule has 0 unspecified atom stereocenters. The molecule has 1 amide bonds. The zero-order valence-corrected chi connectivity index (χ0v) is 14.3. The van der Waals surface area contributed by atoms with Crippen molar-refractivity contribution in [3.63, 3.8) is 0 Å². The van der Waals surface area contributed by atoms with Crippen LogP contribution < -0.4 is 16.2 Å². The molecule has 8 heteroatoms. The Morgan fingerprint density at radius 1 is 1.39 bits per heavy atom. The summed E-state index contributed by atoms with van der Waals surface area (Å²) in [7, 11) is 1.76. The number of hydrogen-bond donors (Lipinski definition) is 3. The topological polar surface area (TPSA) is 91.8 Å². The number of carbonyl (C=O) groups is 1. The number of fused-ring (bicyclic) bond motifs is 1. The first kappa shape index (κ1) is 17.5. The van der Waals surface area contributed by atoms with Crippen molar-refractivity contribution in [3.05, 3.63) is 27.2 Å². The lowest BCUT2D eigenvalue weighted by atomic mass is 10.0. The van der Waals surface area contributed by atoms with Crippen LogP contribution in [0, 0.1) is 19.8 Å². The number of halogens is 1. The maximum Gasteiger partial charge on any atom is 0.273 e. The van der Waals surface area contributed by atoms with Gasteiger partial charge in [0.1, 0.15) is 0 Å². The van der Waals surface area contributed by atoms with Gasteiger partial charge < -0.3 is 10.6 Å². The zero-order valence-electron chi connectivity index (χ0n) is 13.5. The van der Waals surface area contributed by atoms with Crippen molar-refractivity contribution in [1.29, 1.82) is 0 Å². The Bertz CT molecular complexity index is 791. The molecule has 1 aliphatic heterocycles. The summed E-state index contributed by atoms with van der Waals surface area (Å²) in [5.41, 5.74) is 2.94. The van der Waals surface area contributed by atoms with Crippen molar-refractivity contribution < 1.29 is 4.79 Å². The number of carbonyl (C=O) groups excluding carboxylic acids is 1. The van der Waals surface area contributed by atoms with Crippen LogP contribution in [-0.4, -0.2) is 40.3 Å². The van der Waals surface area contributed by atoms with Crippen LogP contribution in [0.25, 0.3) is 11.0 Å². The summed E-state index contributed by atoms with van der Waals surface area (Å²) < 4.78 is 1.62. The highest BCUT2D eigenvalue weighted by atomic mass is 35.5. The Morgan fingerprint density at radius 3 is 2.70 bits per heavy atom. The standard InChI is InChI=1S/C15H21N5O2.ClH/c1-8-11(4-12(21)17-7-10-5-16-6-10)9(2)18-14-13(8)15(22)19-20(14)3;/h10,16H,4-7H2,1-3H3,(H,17,21)(H,19,22);1H. The second-order valence-corrected chi connectivity index (χ2v) is 6.00. The van der Waals surface area contributed by atoms with Crippen LogP contribution >= 0.6 is 12.4 Å². The van der Waals surface area contributed by atoms with Gasteiger partial charge in [0.25, 0.3) is 5.56 Å². The Balaban J connectivity index is 0.00000192. The van der Waals surface area contributed by atoms with Gasteiger partial charge in [-0.15, -0.1) is 12.4 Å². The minimum Gasteiger partial charge on any atom is -0.355 e. The molecule has 0 aliphatic carbocycles. The largest absolute Gasteiger partial charge is 0.355 e. The molecule has 126 valence electrons. The fraction of sp³-hybridized carbons (Fsp3) is 0.533. The average Bonchev–Trinajstić information content (AvgIpc) is 2.67. The number of nitrogens with zero attached hydrogens (tertiary/aromatic N) is 2. The Kier molecular flexibility index (Phi) is 5.11. The second-order valence-electron chi connectivity index (χ2n) is 6.00. The molecular formula is C15H22ClN5O2. The quantitative estimate of drug-likeness (QED) is 0.741. The van der Waals surface area contributed by atoms with E-state index in [4.69, 9.17) is 0 Å². The molecule has 3 N–H and O–H groups in total. The van der Waals surface area contributed by atoms with Gasteiger partial charge >= 0.3 is 0 Å². The molecule has 0 bridgehead atoms. The normalized spacial score (nSPS) is 14.4. The highest BCUT2D eigenvalue weighted by Gasteiger charge is 2.19. The first-order valence-electron chi connectivity index (χ1n) is 7.49. The average molecular weight is 340 g/mol. The third-order valence-corrected chi connectivity index (χ3v) is 4.37. The van der Waals surface area contributed by atoms with Crippen molar-refractivity contribution in [2.75, 3.05) is 19.6 Å². The molecule has 3 rings (SSSR count). The van der Waals surface area contributed by atoms with E-state index in [1.807, 2.05) is 13.8 Å². The smallest absolute Gasteiger partial charge is 0.273 e. The zero-order chi connectivity index (χ0) is 15.9. The van der Waals surface area contributed by atoms with Crippen molar-refractivity contribution in [3.8, 4) is 0 Å². The van der Waals surface area contributed by atoms with Crippen molar-refractivity contribution >= 4 is 29.3 Å². The molecule has 2 aromatic rings. The third-order valence-electron chi connectivity index (χ3n) is 4.37. The first-order valence-corrected chi connectivity index (χ1v) is 7.49. The van der Waals surface area contributed by atoms with E-state index < -0.39 is 0 Å². The van der Waals surface area contributed by atoms with Gasteiger partial charge in [-0.2, -0.15) is 0 Å². The number of H-pyrrole nitrogens is 1. The minimum atomic E-state index is -0.162. The molecular weight excluding hydrogens is 318 g/mol. The van der Waals surface area contributed by atoms with E-state index in [-0.39, 0.29) is 30.3 Å². The summed E-state index contributed by atoms with van der Waals surface area (Å²) in [5, 5.41) is 9.42. The summed E-state index contributed by atoms with van der Waals surface area (Å²) in [6.07, 6.45) is 0.259. The number of nitrogens with one attached hydrogen (secondary N) is 3. The summed E-state index contributed by atoms with van der Waals surface area (Å²) >= 11 is 0. The monoisotopic (exact) mass is 339 g/mol. The van der Waals surface area contributed by atoms with Crippen LogP contribution in [0.2, 0.25) is 0 Å². The predicted octanol–water partition coefficient (Wildman–Crippen LogP) is 0.178. The molecule has 23 heavy (non-hydrogen) atoms. The fourth-order valence-electron chi connectivity index (χ4n) is 2.88. The first-order chi connectivity index (χ1) is 10.5. The van der Waals surface area contributed by atoms with E-state index in [9.17, 15) is 9.59 Å². The van der Waals surface area contributed by atoms with Crippen LogP contribution in [0.1, 0.15) is 16.8 Å². The predicted molar refractivity (Wildman–Crippen MR) is 91.1 cm³/mol. The van der Waals surface area contributed by atoms with E-state index >= 15 is 0 Å². The molecule has 3 heterocycles. The summed E-state index contributed by atoms with van der Waals surface area (Å²) in [4.78, 5) is 28.6. The maximum atomic E-state index is 12.1. The number of aromatic nitrogens is 3. The highest BCUT2D eigenvalue weighted by Crippen LogP contribution is 2.20. The number of aryl methyl sites for hydroxylation is 3. The molecule has 1 fully saturated rings. The highest BCUT2D eigenvalue weighted by molar-refractivity contribution is 5.85. The lowest BCUT2D eigenvalue weighted by molar-refractivity contribution is -0.120. The number of pyridine rings is 1. The van der Waals surface area contributed by atoms with Crippen LogP contribution in [-0.2, 0) is 18.3 Å². The lowest BCUT2D eigenvalue weighted by Crippen LogP contribution is -2.48. The van der Waals surface area contributed by atoms with Gasteiger partial charge in [0.2, 0.25) is 5.91 Å². The van der Waals surface area contributed by atoms with Crippen molar-refractivity contribution in [1.82, 2.24) is 25.4 Å². The number of amides is 1. The molecule has 1 aliphatic rings. The van der Waals surface area contributed by atoms with Crippen LogP contribution in [0.4, 0.5) is 0 Å². The van der Waals surface area contributed by atoms with Gasteiger partial charge in [-0.25, -0.2) is 4.98 Å². The number of aromatic amines is 1. The van der Waals surface area contributed by atoms with Crippen molar-refractivity contribution in [2.45, 2.75) is 20.3 Å². The van der Waals surface area contributed by atoms with Gasteiger partial charge in [0.05, 0.1) is 11.8 Å². The van der Waals surface area contributed by atoms with Crippen LogP contribution in [0.3, 0.4) is 0 Å². The SMILES string of the molecule is Cc1nc2c(c(C)c1CC(=O)NCC1CNC1)c(=O)[nH]n2C.Cl. The Morgan fingerprint density at radius 2 is 2.09 bits per heavy atom. The number of hydrogen-bond acceptors (Lipinski definition) is 4. The molecule has 2 aromatic heterocycles. The summed E-state index contributed by atoms with van der Waals surface area (Å²) in [5.74, 6) is 0.510. The third kappa shape index (κ3) is 3.25. The summed E-state index contributed by atoms with van der Waals surface area (Å²) in [6.45, 7) is 6.38. The van der Waals surface area contributed by atoms with E-state index in [2.05, 4.69) is 20.7 Å². The van der Waals surface area contributed by atoms with Gasteiger partial charge in [-0.1, -0.05) is 0 Å². The number of rotatable bonds is 4. The second kappa shape index (κ2) is 6.72. The Hall–Kier alpha value is -1.86. The van der Waals surface area contributed by atoms with Crippen LogP contribution in [0.5, 0.6) is 0 Å². The molecule has 0 atom stereocenters. The molecule has 0 radical (unpaired) electrons. The maximum absolute atomic E-state index is 12.1. The van der Waals surface area contributed by atoms with E-state index in [0.29, 0.717) is 23.5 Å². The minimum absolute atomic E-state index is 0. The molecule has 7 nitrogen and oxygen atoms in total. The van der Waals surface area contributed by atoms with E-state index in [1.54, 1.807) is 11.7 Å². The van der Waals surface area contributed by atoms with Gasteiger partial charge in [0.15, 0.2) is 5.65 Å². The fourth-order valence-corrected chi connectivity index (χ4v) is 2.88. The van der Waals surface area contributed by atoms with Gasteiger partial charge in [-0.3, -0.25) is 19.4 Å². The molecule has 1 saturated heterocycles. The van der Waals surface area contributed by atoms with E-state index in [1.165, 1.54) is 0 Å². The van der Waals surface area contributed by atoms with Gasteiger partial charge in [-0.05, 0) is 25.0 Å². The molecule has 0 saturated carbocycles. The van der Waals surface area contributed by atoms with E-state index in [0.717, 1.165) is 29.9 Å². The van der Waals surface area contributed by atoms with Gasteiger partial charge in [0, 0.05) is 38.3 Å². The lowest BCUT2D eigenvalue weighted by Gasteiger charge is -2.27. The Labute approximate surface area is 140 Å². The molecule has 0 aromatic carbocycles. The van der Waals surface area contributed by atoms with Crippen LogP contribution in [0.15, 0.2) is 4.79 Å².